The lowest BCUT2D eigenvalue weighted by atomic mass is 10.2. The molecule has 0 aromatic carbocycles. The highest BCUT2D eigenvalue weighted by molar-refractivity contribution is 5.40. The van der Waals surface area contributed by atoms with Gasteiger partial charge in [0.2, 0.25) is 0 Å². The van der Waals surface area contributed by atoms with E-state index in [1.54, 1.807) is 0 Å². The van der Waals surface area contributed by atoms with Gasteiger partial charge in [0.05, 0.1) is 6.01 Å². The van der Waals surface area contributed by atoms with Gasteiger partial charge < -0.3 is 4.74 Å². The van der Waals surface area contributed by atoms with Crippen molar-refractivity contribution in [3.05, 3.63) is 0 Å². The summed E-state index contributed by atoms with van der Waals surface area (Å²) >= 11 is 0. The molecule has 0 bridgehead atoms. The molecule has 0 fully saturated rings. The lowest BCUT2D eigenvalue weighted by Gasteiger charge is -2.03. The van der Waals surface area contributed by atoms with Gasteiger partial charge in [-0.25, -0.2) is 9.98 Å². The minimum absolute atomic E-state index is 0.865. The molecule has 14 heavy (non-hydrogen) atoms. The monoisotopic (exact) mass is 196 g/mol. The summed E-state index contributed by atoms with van der Waals surface area (Å²) < 4.78 is 5.50. The van der Waals surface area contributed by atoms with Gasteiger partial charge in [0.15, 0.2) is 0 Å². The van der Waals surface area contributed by atoms with Crippen molar-refractivity contribution < 1.29 is 4.74 Å². The number of nitrogens with zero attached hydrogens (tertiary/aromatic N) is 2. The third kappa shape index (κ3) is 6.81. The molecule has 0 unspecified atom stereocenters. The Bertz CT molecular complexity index is 170. The molecule has 0 spiro atoms. The van der Waals surface area contributed by atoms with Crippen LogP contribution in [0.1, 0.15) is 38.5 Å². The highest BCUT2D eigenvalue weighted by Gasteiger charge is 1.92. The molecule has 0 saturated carbocycles. The van der Waals surface area contributed by atoms with Crippen molar-refractivity contribution in [2.24, 2.45) is 9.98 Å². The van der Waals surface area contributed by atoms with Gasteiger partial charge in [-0.1, -0.05) is 0 Å². The summed E-state index contributed by atoms with van der Waals surface area (Å²) in [6.07, 6.45) is 6.98. The van der Waals surface area contributed by atoms with Crippen molar-refractivity contribution in [1.29, 1.82) is 0 Å². The maximum Gasteiger partial charge on any atom is 0.0892 e. The van der Waals surface area contributed by atoms with Crippen molar-refractivity contribution in [3.8, 4) is 0 Å². The van der Waals surface area contributed by atoms with Gasteiger partial charge in [0.1, 0.15) is 0 Å². The molecule has 0 amide bonds. The number of rotatable bonds is 0. The fourth-order valence-electron chi connectivity index (χ4n) is 1.40. The molecule has 3 nitrogen and oxygen atoms in total. The van der Waals surface area contributed by atoms with Crippen molar-refractivity contribution in [2.45, 2.75) is 38.5 Å². The fraction of sp³-hybridized carbons (Fsp3) is 0.909. The molecule has 1 heterocycles. The Kier molecular flexibility index (Phi) is 7.27. The molecule has 0 aromatic rings. The zero-order valence-corrected chi connectivity index (χ0v) is 8.87. The summed E-state index contributed by atoms with van der Waals surface area (Å²) in [6.45, 7) is 3.56. The number of aliphatic imine (C=N–C) groups is 2. The first kappa shape index (κ1) is 11.4. The van der Waals surface area contributed by atoms with Crippen molar-refractivity contribution in [2.75, 3.05) is 26.3 Å². The number of hydrogen-bond donors (Lipinski definition) is 0. The van der Waals surface area contributed by atoms with Gasteiger partial charge in [-0.3, -0.25) is 0 Å². The largest absolute Gasteiger partial charge is 0.381 e. The average Bonchev–Trinajstić information content (AvgIpc) is 2.22. The molecule has 1 aliphatic rings. The van der Waals surface area contributed by atoms with Crippen LogP contribution >= 0.6 is 0 Å². The summed E-state index contributed by atoms with van der Waals surface area (Å²) in [5.41, 5.74) is 0. The van der Waals surface area contributed by atoms with Crippen LogP contribution in [0.4, 0.5) is 0 Å². The number of ether oxygens (including phenoxy) is 1. The Balaban J connectivity index is 2.18. The second-order valence-corrected chi connectivity index (χ2v) is 3.60. The summed E-state index contributed by atoms with van der Waals surface area (Å²) in [7, 11) is 0. The van der Waals surface area contributed by atoms with Crippen LogP contribution in [-0.2, 0) is 4.74 Å². The Morgan fingerprint density at radius 1 is 0.714 bits per heavy atom. The molecular formula is C11H20N2O. The Labute approximate surface area is 86.3 Å². The van der Waals surface area contributed by atoms with Crippen molar-refractivity contribution >= 4 is 6.01 Å². The SMILES string of the molecule is C1=NCCCCCOCCCCCN=1. The predicted molar refractivity (Wildman–Crippen MR) is 58.1 cm³/mol. The van der Waals surface area contributed by atoms with E-state index in [0.717, 1.165) is 52.0 Å². The lowest BCUT2D eigenvalue weighted by Crippen LogP contribution is -1.98. The first-order valence-electron chi connectivity index (χ1n) is 5.66. The van der Waals surface area contributed by atoms with Crippen LogP contribution < -0.4 is 0 Å². The van der Waals surface area contributed by atoms with Gasteiger partial charge >= 0.3 is 0 Å². The summed E-state index contributed by atoms with van der Waals surface area (Å²) in [4.78, 5) is 8.20. The smallest absolute Gasteiger partial charge is 0.0892 e. The lowest BCUT2D eigenvalue weighted by molar-refractivity contribution is 0.126. The van der Waals surface area contributed by atoms with Gasteiger partial charge in [-0.15, -0.1) is 0 Å². The summed E-state index contributed by atoms with van der Waals surface area (Å²) in [5.74, 6) is 0. The maximum atomic E-state index is 5.50. The molecule has 0 radical (unpaired) electrons. The summed E-state index contributed by atoms with van der Waals surface area (Å²) in [6, 6.07) is 2.76. The zero-order valence-electron chi connectivity index (χ0n) is 8.87. The normalized spacial score (nSPS) is 21.7. The second-order valence-electron chi connectivity index (χ2n) is 3.60. The van der Waals surface area contributed by atoms with E-state index in [2.05, 4.69) is 16.0 Å². The van der Waals surface area contributed by atoms with E-state index in [1.807, 2.05) is 0 Å². The molecule has 0 aromatic heterocycles. The van der Waals surface area contributed by atoms with Crippen LogP contribution in [0.2, 0.25) is 0 Å². The molecule has 0 saturated heterocycles. The molecule has 80 valence electrons. The number of hydrogen-bond acceptors (Lipinski definition) is 3. The standard InChI is InChI=1S/C11H20N2O/c1-3-7-12-11-13-8-4-2-6-10-14-9-5-1/h1-10H2. The molecule has 0 atom stereocenters. The third-order valence-electron chi connectivity index (χ3n) is 2.26. The molecule has 1 rings (SSSR count). The third-order valence-corrected chi connectivity index (χ3v) is 2.26. The Morgan fingerprint density at radius 3 is 1.86 bits per heavy atom. The van der Waals surface area contributed by atoms with Crippen LogP contribution in [0.15, 0.2) is 9.98 Å². The van der Waals surface area contributed by atoms with Crippen LogP contribution in [0.25, 0.3) is 0 Å². The van der Waals surface area contributed by atoms with Crippen LogP contribution in [0.3, 0.4) is 0 Å². The van der Waals surface area contributed by atoms with E-state index < -0.39 is 0 Å². The first-order chi connectivity index (χ1) is 7.00. The van der Waals surface area contributed by atoms with E-state index in [4.69, 9.17) is 4.74 Å². The minimum Gasteiger partial charge on any atom is -0.381 e. The zero-order chi connectivity index (χ0) is 9.90. The minimum atomic E-state index is 0.865. The second kappa shape index (κ2) is 8.92. The van der Waals surface area contributed by atoms with Gasteiger partial charge in [-0.05, 0) is 38.5 Å². The van der Waals surface area contributed by atoms with E-state index in [9.17, 15) is 0 Å². The Morgan fingerprint density at radius 2 is 1.29 bits per heavy atom. The molecule has 3 heteroatoms. The molecule has 0 aliphatic carbocycles. The van der Waals surface area contributed by atoms with E-state index in [1.165, 1.54) is 12.8 Å². The van der Waals surface area contributed by atoms with Crippen molar-refractivity contribution in [1.82, 2.24) is 0 Å². The van der Waals surface area contributed by atoms with Gasteiger partial charge in [0, 0.05) is 26.3 Å². The summed E-state index contributed by atoms with van der Waals surface area (Å²) in [5, 5.41) is 0. The molecule has 1 aliphatic heterocycles. The fourth-order valence-corrected chi connectivity index (χ4v) is 1.40. The van der Waals surface area contributed by atoms with Crippen LogP contribution in [0, 0.1) is 0 Å². The first-order valence-corrected chi connectivity index (χ1v) is 5.66. The Hall–Kier alpha value is -0.660. The van der Waals surface area contributed by atoms with Gasteiger partial charge in [-0.2, -0.15) is 0 Å². The van der Waals surface area contributed by atoms with Crippen LogP contribution in [0.5, 0.6) is 0 Å². The molecule has 0 N–H and O–H groups in total. The molecular weight excluding hydrogens is 176 g/mol. The van der Waals surface area contributed by atoms with E-state index in [-0.39, 0.29) is 0 Å². The van der Waals surface area contributed by atoms with Gasteiger partial charge in [0.25, 0.3) is 0 Å². The topological polar surface area (TPSA) is 34.0 Å². The predicted octanol–water partition coefficient (Wildman–Crippen LogP) is 2.53. The maximum absolute atomic E-state index is 5.50. The average molecular weight is 196 g/mol. The van der Waals surface area contributed by atoms with E-state index in [0.29, 0.717) is 0 Å². The van der Waals surface area contributed by atoms with Crippen LogP contribution in [-0.4, -0.2) is 32.3 Å². The van der Waals surface area contributed by atoms with E-state index >= 15 is 0 Å². The highest BCUT2D eigenvalue weighted by atomic mass is 16.5. The highest BCUT2D eigenvalue weighted by Crippen LogP contribution is 2.00. The quantitative estimate of drug-likeness (QED) is 0.586. The van der Waals surface area contributed by atoms with Crippen molar-refractivity contribution in [3.63, 3.8) is 0 Å².